The average molecular weight is 303 g/mol. The molecule has 0 bridgehead atoms. The third-order valence-corrected chi connectivity index (χ3v) is 7.08. The van der Waals surface area contributed by atoms with Crippen LogP contribution in [0, 0.1) is 0 Å². The van der Waals surface area contributed by atoms with Crippen molar-refractivity contribution in [2.24, 2.45) is 5.73 Å². The summed E-state index contributed by atoms with van der Waals surface area (Å²) >= 11 is 1.27. The Balaban J connectivity index is 2.20. The molecule has 19 heavy (non-hydrogen) atoms. The molecule has 0 saturated carbocycles. The van der Waals surface area contributed by atoms with Crippen LogP contribution in [-0.4, -0.2) is 50.3 Å². The van der Waals surface area contributed by atoms with E-state index in [1.807, 2.05) is 0 Å². The number of thiophene rings is 1. The van der Waals surface area contributed by atoms with Crippen LogP contribution in [0.4, 0.5) is 0 Å². The molecule has 2 N–H and O–H groups in total. The molecule has 0 spiro atoms. The summed E-state index contributed by atoms with van der Waals surface area (Å²) in [5, 5.41) is 0. The van der Waals surface area contributed by atoms with Crippen molar-refractivity contribution in [2.75, 3.05) is 26.7 Å². The molecule has 1 atom stereocenters. The van der Waals surface area contributed by atoms with Gasteiger partial charge in [0.05, 0.1) is 0 Å². The first kappa shape index (κ1) is 14.9. The quantitative estimate of drug-likeness (QED) is 0.898. The van der Waals surface area contributed by atoms with Gasteiger partial charge in [-0.05, 0) is 25.6 Å². The summed E-state index contributed by atoms with van der Waals surface area (Å²) in [6.45, 7) is 4.40. The summed E-state index contributed by atoms with van der Waals surface area (Å²) in [6.07, 6.45) is 0.959. The molecule has 1 aromatic rings. The lowest BCUT2D eigenvalue weighted by Crippen LogP contribution is -2.52. The standard InChI is InChI=1S/C12H21N3O2S2/c1-3-10-9-15(7-6-14(10)2)19(16,17)12-5-4-11(8-13)18-12/h4-5,10H,3,6-9,13H2,1-2H3. The third-order valence-electron chi connectivity index (χ3n) is 3.64. The van der Waals surface area contributed by atoms with Crippen LogP contribution in [0.5, 0.6) is 0 Å². The van der Waals surface area contributed by atoms with Crippen molar-refractivity contribution in [3.8, 4) is 0 Å². The van der Waals surface area contributed by atoms with Crippen molar-refractivity contribution < 1.29 is 8.42 Å². The second kappa shape index (κ2) is 5.88. The van der Waals surface area contributed by atoms with Gasteiger partial charge in [-0.2, -0.15) is 4.31 Å². The zero-order chi connectivity index (χ0) is 14.0. The zero-order valence-corrected chi connectivity index (χ0v) is 13.0. The topological polar surface area (TPSA) is 66.6 Å². The Labute approximate surface area is 119 Å². The van der Waals surface area contributed by atoms with Gasteiger partial charge in [-0.3, -0.25) is 0 Å². The highest BCUT2D eigenvalue weighted by Gasteiger charge is 2.32. The molecule has 0 aromatic carbocycles. The third kappa shape index (κ3) is 3.00. The zero-order valence-electron chi connectivity index (χ0n) is 11.4. The maximum Gasteiger partial charge on any atom is 0.252 e. The number of nitrogens with two attached hydrogens (primary N) is 1. The molecule has 108 valence electrons. The highest BCUT2D eigenvalue weighted by molar-refractivity contribution is 7.91. The van der Waals surface area contributed by atoms with Crippen LogP contribution < -0.4 is 5.73 Å². The first-order valence-electron chi connectivity index (χ1n) is 6.48. The van der Waals surface area contributed by atoms with E-state index in [0.717, 1.165) is 17.8 Å². The molecule has 0 aliphatic carbocycles. The van der Waals surface area contributed by atoms with Gasteiger partial charge in [-0.1, -0.05) is 6.92 Å². The van der Waals surface area contributed by atoms with E-state index in [9.17, 15) is 8.42 Å². The molecule has 0 radical (unpaired) electrons. The predicted molar refractivity (Wildman–Crippen MR) is 77.7 cm³/mol. The fourth-order valence-electron chi connectivity index (χ4n) is 2.31. The van der Waals surface area contributed by atoms with Crippen LogP contribution in [0.2, 0.25) is 0 Å². The van der Waals surface area contributed by atoms with Crippen molar-refractivity contribution in [3.63, 3.8) is 0 Å². The molecule has 1 saturated heterocycles. The van der Waals surface area contributed by atoms with Crippen LogP contribution in [0.25, 0.3) is 0 Å². The van der Waals surface area contributed by atoms with E-state index in [1.54, 1.807) is 16.4 Å². The van der Waals surface area contributed by atoms with Crippen LogP contribution in [0.15, 0.2) is 16.3 Å². The summed E-state index contributed by atoms with van der Waals surface area (Å²) in [5.74, 6) is 0. The lowest BCUT2D eigenvalue weighted by atomic mass is 10.1. The van der Waals surface area contributed by atoms with Gasteiger partial charge in [0, 0.05) is 37.1 Å². The number of likely N-dealkylation sites (N-methyl/N-ethyl adjacent to an activating group) is 1. The summed E-state index contributed by atoms with van der Waals surface area (Å²) in [6, 6.07) is 3.77. The van der Waals surface area contributed by atoms with Gasteiger partial charge in [0.25, 0.3) is 10.0 Å². The normalized spacial score (nSPS) is 22.8. The molecule has 1 aromatic heterocycles. The van der Waals surface area contributed by atoms with E-state index in [1.165, 1.54) is 11.3 Å². The van der Waals surface area contributed by atoms with E-state index in [2.05, 4.69) is 18.9 Å². The SMILES string of the molecule is CCC1CN(S(=O)(=O)c2ccc(CN)s2)CCN1C. The molecule has 1 aliphatic heterocycles. The monoisotopic (exact) mass is 303 g/mol. The highest BCUT2D eigenvalue weighted by atomic mass is 32.2. The van der Waals surface area contributed by atoms with Crippen LogP contribution in [0.1, 0.15) is 18.2 Å². The lowest BCUT2D eigenvalue weighted by Gasteiger charge is -2.38. The largest absolute Gasteiger partial charge is 0.326 e. The van der Waals surface area contributed by atoms with Crippen molar-refractivity contribution in [1.82, 2.24) is 9.21 Å². The fourth-order valence-corrected chi connectivity index (χ4v) is 5.17. The highest BCUT2D eigenvalue weighted by Crippen LogP contribution is 2.26. The van der Waals surface area contributed by atoms with Gasteiger partial charge >= 0.3 is 0 Å². The van der Waals surface area contributed by atoms with Gasteiger partial charge in [0.2, 0.25) is 0 Å². The Morgan fingerprint density at radius 1 is 1.42 bits per heavy atom. The number of nitrogens with zero attached hydrogens (tertiary/aromatic N) is 2. The number of hydrogen-bond acceptors (Lipinski definition) is 5. The minimum Gasteiger partial charge on any atom is -0.326 e. The van der Waals surface area contributed by atoms with Crippen molar-refractivity contribution in [1.29, 1.82) is 0 Å². The molecular weight excluding hydrogens is 282 g/mol. The van der Waals surface area contributed by atoms with Crippen molar-refractivity contribution in [2.45, 2.75) is 30.1 Å². The summed E-state index contributed by atoms with van der Waals surface area (Å²) in [7, 11) is -1.30. The predicted octanol–water partition coefficient (Wildman–Crippen LogP) is 0.922. The minimum atomic E-state index is -3.35. The van der Waals surface area contributed by atoms with E-state index in [0.29, 0.717) is 29.9 Å². The maximum atomic E-state index is 12.6. The first-order valence-corrected chi connectivity index (χ1v) is 8.74. The van der Waals surface area contributed by atoms with Crippen molar-refractivity contribution in [3.05, 3.63) is 17.0 Å². The van der Waals surface area contributed by atoms with Crippen LogP contribution in [-0.2, 0) is 16.6 Å². The fraction of sp³-hybridized carbons (Fsp3) is 0.667. The second-order valence-corrected chi connectivity index (χ2v) is 8.16. The van der Waals surface area contributed by atoms with Gasteiger partial charge < -0.3 is 10.6 Å². The second-order valence-electron chi connectivity index (χ2n) is 4.83. The maximum absolute atomic E-state index is 12.6. The summed E-state index contributed by atoms with van der Waals surface area (Å²) in [5.41, 5.74) is 5.54. The molecule has 1 fully saturated rings. The Morgan fingerprint density at radius 2 is 2.16 bits per heavy atom. The van der Waals surface area contributed by atoms with Crippen LogP contribution in [0.3, 0.4) is 0 Å². The molecule has 0 amide bonds. The molecule has 1 aliphatic rings. The Hall–Kier alpha value is -0.470. The number of sulfonamides is 1. The van der Waals surface area contributed by atoms with E-state index < -0.39 is 10.0 Å². The van der Waals surface area contributed by atoms with Gasteiger partial charge in [-0.25, -0.2) is 8.42 Å². The smallest absolute Gasteiger partial charge is 0.252 e. The lowest BCUT2D eigenvalue weighted by molar-refractivity contribution is 0.144. The van der Waals surface area contributed by atoms with Gasteiger partial charge in [0.15, 0.2) is 0 Å². The molecule has 2 heterocycles. The number of piperazine rings is 1. The first-order chi connectivity index (χ1) is 8.98. The van der Waals surface area contributed by atoms with Crippen molar-refractivity contribution >= 4 is 21.4 Å². The van der Waals surface area contributed by atoms with Gasteiger partial charge in [-0.15, -0.1) is 11.3 Å². The summed E-state index contributed by atoms with van der Waals surface area (Å²) in [4.78, 5) is 3.13. The number of rotatable bonds is 4. The minimum absolute atomic E-state index is 0.303. The Bertz CT molecular complexity index is 527. The molecule has 5 nitrogen and oxygen atoms in total. The Morgan fingerprint density at radius 3 is 2.74 bits per heavy atom. The van der Waals surface area contributed by atoms with Crippen LogP contribution >= 0.6 is 11.3 Å². The molecule has 1 unspecified atom stereocenters. The van der Waals surface area contributed by atoms with E-state index in [-0.39, 0.29) is 0 Å². The molecule has 7 heteroatoms. The molecule has 2 rings (SSSR count). The molecular formula is C12H21N3O2S2. The van der Waals surface area contributed by atoms with E-state index in [4.69, 9.17) is 5.73 Å². The number of hydrogen-bond donors (Lipinski definition) is 1. The average Bonchev–Trinajstić information content (AvgIpc) is 2.88. The Kier molecular flexibility index (Phi) is 4.62. The van der Waals surface area contributed by atoms with E-state index >= 15 is 0 Å². The summed E-state index contributed by atoms with van der Waals surface area (Å²) < 4.78 is 27.1. The van der Waals surface area contributed by atoms with Gasteiger partial charge in [0.1, 0.15) is 4.21 Å².